The number of nitrogens with zero attached hydrogens (tertiary/aromatic N) is 1. The van der Waals surface area contributed by atoms with E-state index in [9.17, 15) is 13.2 Å². The van der Waals surface area contributed by atoms with E-state index in [0.717, 1.165) is 6.42 Å². The van der Waals surface area contributed by atoms with Crippen LogP contribution in [0.1, 0.15) is 22.3 Å². The van der Waals surface area contributed by atoms with Crippen molar-refractivity contribution in [3.8, 4) is 17.6 Å². The van der Waals surface area contributed by atoms with Crippen LogP contribution in [0.5, 0.6) is 11.5 Å². The fraction of sp³-hybridized carbons (Fsp3) is 0.130. The van der Waals surface area contributed by atoms with Gasteiger partial charge in [0.25, 0.3) is 15.9 Å². The van der Waals surface area contributed by atoms with Gasteiger partial charge in [0.2, 0.25) is 0 Å². The van der Waals surface area contributed by atoms with Crippen LogP contribution in [0.3, 0.4) is 0 Å². The van der Waals surface area contributed by atoms with Crippen molar-refractivity contribution in [1.82, 2.24) is 0 Å². The molecule has 1 heterocycles. The van der Waals surface area contributed by atoms with Crippen LogP contribution in [0.4, 0.5) is 11.4 Å². The minimum atomic E-state index is -3.84. The van der Waals surface area contributed by atoms with Gasteiger partial charge in [-0.15, -0.1) is 0 Å². The van der Waals surface area contributed by atoms with Crippen LogP contribution in [0.15, 0.2) is 71.6 Å². The molecule has 2 N–H and O–H groups in total. The van der Waals surface area contributed by atoms with E-state index in [0.29, 0.717) is 47.2 Å². The van der Waals surface area contributed by atoms with Crippen LogP contribution >= 0.6 is 0 Å². The van der Waals surface area contributed by atoms with Crippen molar-refractivity contribution in [2.75, 3.05) is 23.3 Å². The van der Waals surface area contributed by atoms with Crippen LogP contribution in [0.2, 0.25) is 0 Å². The summed E-state index contributed by atoms with van der Waals surface area (Å²) in [5.41, 5.74) is 1.71. The summed E-state index contributed by atoms with van der Waals surface area (Å²) >= 11 is 0. The van der Waals surface area contributed by atoms with E-state index in [1.165, 1.54) is 12.1 Å². The third-order valence-corrected chi connectivity index (χ3v) is 6.08. The molecule has 3 aromatic rings. The third kappa shape index (κ3) is 4.82. The Labute approximate surface area is 185 Å². The quantitative estimate of drug-likeness (QED) is 0.612. The van der Waals surface area contributed by atoms with E-state index < -0.39 is 10.0 Å². The fourth-order valence-corrected chi connectivity index (χ4v) is 4.12. The topological polar surface area (TPSA) is 118 Å². The van der Waals surface area contributed by atoms with E-state index in [4.69, 9.17) is 14.7 Å². The fourth-order valence-electron chi connectivity index (χ4n) is 3.05. The molecule has 0 radical (unpaired) electrons. The number of hydrogen-bond donors (Lipinski definition) is 2. The molecule has 0 bridgehead atoms. The Morgan fingerprint density at radius 2 is 1.53 bits per heavy atom. The summed E-state index contributed by atoms with van der Waals surface area (Å²) in [6, 6.07) is 19.0. The molecule has 0 fully saturated rings. The molecular weight excluding hydrogens is 430 g/mol. The molecule has 8 nitrogen and oxygen atoms in total. The van der Waals surface area contributed by atoms with Gasteiger partial charge in [0.15, 0.2) is 11.5 Å². The summed E-state index contributed by atoms with van der Waals surface area (Å²) in [4.78, 5) is 12.4. The minimum absolute atomic E-state index is 0.0555. The standard InChI is InChI=1S/C23H19N3O5S/c24-15-16-2-4-17(5-3-16)23(27)25-18-6-8-19(9-7-18)26-32(28,29)20-10-11-21-22(14-20)31-13-1-12-30-21/h2-11,14,26H,1,12-13H2,(H,25,27). The van der Waals surface area contributed by atoms with Crippen LogP contribution in [0.25, 0.3) is 0 Å². The SMILES string of the molecule is N#Cc1ccc(C(=O)Nc2ccc(NS(=O)(=O)c3ccc4c(c3)OCCCO4)cc2)cc1. The van der Waals surface area contributed by atoms with Crippen molar-refractivity contribution in [3.63, 3.8) is 0 Å². The van der Waals surface area contributed by atoms with Gasteiger partial charge in [-0.2, -0.15) is 5.26 Å². The molecule has 0 atom stereocenters. The molecule has 32 heavy (non-hydrogen) atoms. The van der Waals surface area contributed by atoms with Gasteiger partial charge in [-0.25, -0.2) is 8.42 Å². The summed E-state index contributed by atoms with van der Waals surface area (Å²) in [5.74, 6) is 0.574. The number of carbonyl (C=O) groups excluding carboxylic acids is 1. The molecule has 3 aromatic carbocycles. The van der Waals surface area contributed by atoms with Gasteiger partial charge >= 0.3 is 0 Å². The van der Waals surface area contributed by atoms with Crippen molar-refractivity contribution >= 4 is 27.3 Å². The second kappa shape index (κ2) is 8.99. The molecule has 9 heteroatoms. The number of anilines is 2. The summed E-state index contributed by atoms with van der Waals surface area (Å²) in [6.45, 7) is 0.977. The zero-order chi connectivity index (χ0) is 22.6. The molecular formula is C23H19N3O5S. The average molecular weight is 449 g/mol. The summed E-state index contributed by atoms with van der Waals surface area (Å²) < 4.78 is 39.2. The zero-order valence-electron chi connectivity index (χ0n) is 16.9. The summed E-state index contributed by atoms with van der Waals surface area (Å²) in [7, 11) is -3.84. The van der Waals surface area contributed by atoms with Crippen molar-refractivity contribution in [2.45, 2.75) is 11.3 Å². The number of hydrogen-bond acceptors (Lipinski definition) is 6. The van der Waals surface area contributed by atoms with E-state index in [2.05, 4.69) is 10.0 Å². The van der Waals surface area contributed by atoms with Crippen molar-refractivity contribution < 1.29 is 22.7 Å². The lowest BCUT2D eigenvalue weighted by atomic mass is 10.1. The van der Waals surface area contributed by atoms with Crippen molar-refractivity contribution in [1.29, 1.82) is 5.26 Å². The minimum Gasteiger partial charge on any atom is -0.490 e. The second-order valence-corrected chi connectivity index (χ2v) is 8.67. The highest BCUT2D eigenvalue weighted by Gasteiger charge is 2.19. The first-order chi connectivity index (χ1) is 15.4. The number of benzene rings is 3. The van der Waals surface area contributed by atoms with Gasteiger partial charge in [0, 0.05) is 29.4 Å². The molecule has 1 amide bonds. The highest BCUT2D eigenvalue weighted by Crippen LogP contribution is 2.32. The van der Waals surface area contributed by atoms with Gasteiger partial charge < -0.3 is 14.8 Å². The van der Waals surface area contributed by atoms with Gasteiger partial charge in [-0.1, -0.05) is 0 Å². The second-order valence-electron chi connectivity index (χ2n) is 6.99. The highest BCUT2D eigenvalue weighted by molar-refractivity contribution is 7.92. The molecule has 0 saturated heterocycles. The Morgan fingerprint density at radius 1 is 0.875 bits per heavy atom. The Hall–Kier alpha value is -4.03. The number of ether oxygens (including phenoxy) is 2. The van der Waals surface area contributed by atoms with Crippen LogP contribution in [-0.4, -0.2) is 27.5 Å². The largest absolute Gasteiger partial charge is 0.490 e. The van der Waals surface area contributed by atoms with E-state index in [1.54, 1.807) is 54.6 Å². The van der Waals surface area contributed by atoms with E-state index in [1.807, 2.05) is 6.07 Å². The Kier molecular flexibility index (Phi) is 5.96. The third-order valence-electron chi connectivity index (χ3n) is 4.70. The monoisotopic (exact) mass is 449 g/mol. The first kappa shape index (κ1) is 21.2. The number of carbonyl (C=O) groups is 1. The predicted molar refractivity (Wildman–Crippen MR) is 118 cm³/mol. The zero-order valence-corrected chi connectivity index (χ0v) is 17.7. The number of sulfonamides is 1. The Balaban J connectivity index is 1.44. The van der Waals surface area contributed by atoms with Crippen LogP contribution in [0, 0.1) is 11.3 Å². The van der Waals surface area contributed by atoms with Gasteiger partial charge in [-0.05, 0) is 60.7 Å². The number of rotatable bonds is 5. The van der Waals surface area contributed by atoms with Gasteiger partial charge in [0.1, 0.15) is 0 Å². The van der Waals surface area contributed by atoms with Crippen LogP contribution < -0.4 is 19.5 Å². The lowest BCUT2D eigenvalue weighted by Crippen LogP contribution is -2.14. The molecule has 162 valence electrons. The van der Waals surface area contributed by atoms with E-state index >= 15 is 0 Å². The van der Waals surface area contributed by atoms with E-state index in [-0.39, 0.29) is 10.8 Å². The Morgan fingerprint density at radius 3 is 2.22 bits per heavy atom. The maximum Gasteiger partial charge on any atom is 0.262 e. The maximum absolute atomic E-state index is 12.8. The molecule has 4 rings (SSSR count). The predicted octanol–water partition coefficient (Wildman–Crippen LogP) is 3.77. The highest BCUT2D eigenvalue weighted by atomic mass is 32.2. The van der Waals surface area contributed by atoms with Gasteiger partial charge in [-0.3, -0.25) is 9.52 Å². The molecule has 1 aliphatic heterocycles. The summed E-state index contributed by atoms with van der Waals surface area (Å²) in [6.07, 6.45) is 0.725. The molecule has 0 spiro atoms. The number of fused-ring (bicyclic) bond motifs is 1. The number of amides is 1. The lowest BCUT2D eigenvalue weighted by Gasteiger charge is -2.12. The normalized spacial score (nSPS) is 12.8. The number of nitriles is 1. The maximum atomic E-state index is 12.8. The molecule has 0 unspecified atom stereocenters. The Bertz CT molecular complexity index is 1280. The van der Waals surface area contributed by atoms with Crippen molar-refractivity contribution in [3.05, 3.63) is 77.9 Å². The van der Waals surface area contributed by atoms with Crippen LogP contribution in [-0.2, 0) is 10.0 Å². The average Bonchev–Trinajstić information content (AvgIpc) is 3.05. The smallest absolute Gasteiger partial charge is 0.262 e. The first-order valence-electron chi connectivity index (χ1n) is 9.79. The van der Waals surface area contributed by atoms with Gasteiger partial charge in [0.05, 0.1) is 29.7 Å². The first-order valence-corrected chi connectivity index (χ1v) is 11.3. The molecule has 0 saturated carbocycles. The molecule has 0 aromatic heterocycles. The summed E-state index contributed by atoms with van der Waals surface area (Å²) in [5, 5.41) is 11.6. The molecule has 0 aliphatic carbocycles. The number of nitrogens with one attached hydrogen (secondary N) is 2. The lowest BCUT2D eigenvalue weighted by molar-refractivity contribution is 0.102. The van der Waals surface area contributed by atoms with Crippen molar-refractivity contribution in [2.24, 2.45) is 0 Å². The molecule has 1 aliphatic rings.